The minimum Gasteiger partial charge on any atom is -0.175 e. The van der Waals surface area contributed by atoms with Crippen molar-refractivity contribution in [2.75, 3.05) is 0 Å². The molecular weight excluding hydrogens is 152 g/mol. The van der Waals surface area contributed by atoms with Crippen LogP contribution in [0.4, 0.5) is 0 Å². The molecule has 38 valence electrons. The lowest BCUT2D eigenvalue weighted by Gasteiger charge is -2.07. The van der Waals surface area contributed by atoms with Gasteiger partial charge in [-0.3, -0.25) is 0 Å². The molecule has 7 heavy (non-hydrogen) atoms. The van der Waals surface area contributed by atoms with Crippen molar-refractivity contribution in [1.82, 2.24) is 0 Å². The molecule has 0 atom stereocenters. The van der Waals surface area contributed by atoms with Gasteiger partial charge >= 0.3 is 0 Å². The molecule has 1 aliphatic rings. The van der Waals surface area contributed by atoms with Gasteiger partial charge in [-0.05, 0) is 4.83 Å². The average Bonchev–Trinajstić information content (AvgIpc) is 1.69. The molecule has 0 N–H and O–H groups in total. The Balaban J connectivity index is 2.49. The summed E-state index contributed by atoms with van der Waals surface area (Å²) in [7, 11) is 0. The Hall–Kier alpha value is -0.170. The highest BCUT2D eigenvalue weighted by Gasteiger charge is 1.83. The zero-order valence-corrected chi connectivity index (χ0v) is 5.43. The number of halogens is 1. The van der Waals surface area contributed by atoms with E-state index in [4.69, 9.17) is 0 Å². The summed E-state index contributed by atoms with van der Waals surface area (Å²) in [6, 6.07) is 0. The molecule has 0 nitrogen and oxygen atoms in total. The van der Waals surface area contributed by atoms with E-state index in [0.29, 0.717) is 4.83 Å². The Morgan fingerprint density at radius 2 is 1.86 bits per heavy atom. The Labute approximate surface area is 52.0 Å². The molecule has 0 spiro atoms. The second kappa shape index (κ2) is 2.22. The molecule has 0 unspecified atom stereocenters. The van der Waals surface area contributed by atoms with Gasteiger partial charge in [0.15, 0.2) is 0 Å². The average molecular weight is 158 g/mol. The Kier molecular flexibility index (Phi) is 1.58. The number of hydrogen-bond acceptors (Lipinski definition) is 0. The fourth-order valence-corrected chi connectivity index (χ4v) is 0.821. The summed E-state index contributed by atoms with van der Waals surface area (Å²) < 4.78 is 0. The molecule has 0 aromatic heterocycles. The minimum atomic E-state index is 0.456. The van der Waals surface area contributed by atoms with Gasteiger partial charge in [0.2, 0.25) is 0 Å². The monoisotopic (exact) mass is 157 g/mol. The normalized spacial score (nSPS) is 19.6. The van der Waals surface area contributed by atoms with E-state index in [2.05, 4.69) is 28.1 Å². The summed E-state index contributed by atoms with van der Waals surface area (Å²) in [6.45, 7) is 0. The van der Waals surface area contributed by atoms with Crippen molar-refractivity contribution in [3.05, 3.63) is 30.7 Å². The molecule has 0 saturated heterocycles. The lowest BCUT2D eigenvalue weighted by atomic mass is 10.2. The SMILES string of the molecule is BrC1C=C[CH-]C=C1. The molecule has 0 aliphatic heterocycles. The first-order valence-electron chi connectivity index (χ1n) is 2.22. The summed E-state index contributed by atoms with van der Waals surface area (Å²) in [4.78, 5) is 0.456. The van der Waals surface area contributed by atoms with Gasteiger partial charge in [0.25, 0.3) is 0 Å². The van der Waals surface area contributed by atoms with Crippen molar-refractivity contribution in [2.24, 2.45) is 0 Å². The van der Waals surface area contributed by atoms with Crippen LogP contribution in [0.2, 0.25) is 0 Å². The van der Waals surface area contributed by atoms with E-state index < -0.39 is 0 Å². The van der Waals surface area contributed by atoms with Crippen LogP contribution >= 0.6 is 15.9 Å². The Morgan fingerprint density at radius 3 is 2.14 bits per heavy atom. The molecule has 1 aliphatic carbocycles. The molecule has 0 aromatic rings. The number of rotatable bonds is 0. The van der Waals surface area contributed by atoms with Gasteiger partial charge in [0, 0.05) is 0 Å². The maximum Gasteiger partial charge on any atom is -0.0366 e. The molecule has 0 heterocycles. The van der Waals surface area contributed by atoms with E-state index in [0.717, 1.165) is 0 Å². The van der Waals surface area contributed by atoms with E-state index in [-0.39, 0.29) is 0 Å². The van der Waals surface area contributed by atoms with Crippen LogP contribution in [-0.4, -0.2) is 4.83 Å². The quantitative estimate of drug-likeness (QED) is 0.374. The fraction of sp³-hybridized carbons (Fsp3) is 0.167. The maximum atomic E-state index is 3.39. The molecule has 1 rings (SSSR count). The Bertz CT molecular complexity index is 90.7. The molecule has 0 saturated carbocycles. The van der Waals surface area contributed by atoms with Crippen LogP contribution in [0.5, 0.6) is 0 Å². The van der Waals surface area contributed by atoms with E-state index in [1.54, 1.807) is 0 Å². The van der Waals surface area contributed by atoms with Crippen LogP contribution in [0.1, 0.15) is 0 Å². The van der Waals surface area contributed by atoms with Crippen molar-refractivity contribution in [1.29, 1.82) is 0 Å². The van der Waals surface area contributed by atoms with Crippen LogP contribution in [0.25, 0.3) is 0 Å². The summed E-state index contributed by atoms with van der Waals surface area (Å²) in [5.41, 5.74) is 0. The van der Waals surface area contributed by atoms with Crippen LogP contribution < -0.4 is 0 Å². The first kappa shape index (κ1) is 4.98. The molecule has 0 amide bonds. The third kappa shape index (κ3) is 1.39. The van der Waals surface area contributed by atoms with E-state index in [1.807, 2.05) is 18.6 Å². The zero-order valence-electron chi connectivity index (χ0n) is 3.84. The van der Waals surface area contributed by atoms with Crippen LogP contribution in [0, 0.1) is 6.42 Å². The van der Waals surface area contributed by atoms with E-state index in [1.165, 1.54) is 0 Å². The van der Waals surface area contributed by atoms with Crippen molar-refractivity contribution in [3.8, 4) is 0 Å². The predicted molar refractivity (Wildman–Crippen MR) is 35.3 cm³/mol. The highest BCUT2D eigenvalue weighted by atomic mass is 79.9. The molecule has 0 bridgehead atoms. The van der Waals surface area contributed by atoms with Gasteiger partial charge in [-0.1, -0.05) is 0 Å². The smallest absolute Gasteiger partial charge is 0.0366 e. The summed E-state index contributed by atoms with van der Waals surface area (Å²) in [5.74, 6) is 0. The van der Waals surface area contributed by atoms with Crippen LogP contribution in [-0.2, 0) is 0 Å². The lowest BCUT2D eigenvalue weighted by Crippen LogP contribution is -1.87. The molecule has 0 radical (unpaired) electrons. The predicted octanol–water partition coefficient (Wildman–Crippen LogP) is 2.08. The highest BCUT2D eigenvalue weighted by Crippen LogP contribution is 2.08. The third-order valence-corrected chi connectivity index (χ3v) is 1.42. The van der Waals surface area contributed by atoms with Gasteiger partial charge in [0.1, 0.15) is 0 Å². The van der Waals surface area contributed by atoms with E-state index >= 15 is 0 Å². The molecule has 0 aromatic carbocycles. The van der Waals surface area contributed by atoms with Crippen molar-refractivity contribution < 1.29 is 0 Å². The number of hydrogen-bond donors (Lipinski definition) is 0. The van der Waals surface area contributed by atoms with Crippen LogP contribution in [0.15, 0.2) is 24.3 Å². The summed E-state index contributed by atoms with van der Waals surface area (Å²) in [5, 5.41) is 0. The second-order valence-electron chi connectivity index (χ2n) is 1.41. The van der Waals surface area contributed by atoms with Gasteiger partial charge < -0.3 is 0 Å². The topological polar surface area (TPSA) is 0 Å². The van der Waals surface area contributed by atoms with Crippen molar-refractivity contribution >= 4 is 15.9 Å². The molecular formula is C6H6Br-. The molecule has 1 heteroatoms. The lowest BCUT2D eigenvalue weighted by molar-refractivity contribution is 1.39. The second-order valence-corrected chi connectivity index (χ2v) is 2.46. The first-order valence-corrected chi connectivity index (χ1v) is 3.13. The van der Waals surface area contributed by atoms with E-state index in [9.17, 15) is 0 Å². The molecule has 0 fully saturated rings. The number of alkyl halides is 1. The van der Waals surface area contributed by atoms with Crippen molar-refractivity contribution in [3.63, 3.8) is 0 Å². The maximum absolute atomic E-state index is 3.39. The highest BCUT2D eigenvalue weighted by molar-refractivity contribution is 9.09. The standard InChI is InChI=1S/C6H6Br/c7-6-4-2-1-3-5-6/h1-6H/q-1. The first-order chi connectivity index (χ1) is 3.39. The van der Waals surface area contributed by atoms with Crippen molar-refractivity contribution in [2.45, 2.75) is 4.83 Å². The Morgan fingerprint density at radius 1 is 1.29 bits per heavy atom. The minimum absolute atomic E-state index is 0.456. The zero-order chi connectivity index (χ0) is 5.11. The van der Waals surface area contributed by atoms with Gasteiger partial charge in [0.05, 0.1) is 0 Å². The van der Waals surface area contributed by atoms with Gasteiger partial charge in [-0.25, -0.2) is 0 Å². The fourth-order valence-electron chi connectivity index (χ4n) is 0.469. The number of allylic oxidation sites excluding steroid dienone is 4. The largest absolute Gasteiger partial charge is 0.175 e. The third-order valence-electron chi connectivity index (χ3n) is 0.812. The van der Waals surface area contributed by atoms with Crippen LogP contribution in [0.3, 0.4) is 0 Å². The van der Waals surface area contributed by atoms with Gasteiger partial charge in [-0.2, -0.15) is 30.7 Å². The summed E-state index contributed by atoms with van der Waals surface area (Å²) in [6.07, 6.45) is 10.2. The summed E-state index contributed by atoms with van der Waals surface area (Å²) >= 11 is 3.39. The van der Waals surface area contributed by atoms with Gasteiger partial charge in [-0.15, -0.1) is 15.9 Å².